The van der Waals surface area contributed by atoms with Gasteiger partial charge in [-0.1, -0.05) is 42.5 Å². The zero-order chi connectivity index (χ0) is 28.4. The van der Waals surface area contributed by atoms with E-state index in [0.717, 1.165) is 5.56 Å². The van der Waals surface area contributed by atoms with Crippen LogP contribution in [-0.4, -0.2) is 81.5 Å². The highest BCUT2D eigenvalue weighted by molar-refractivity contribution is 7.98. The molecule has 1 aliphatic rings. The third kappa shape index (κ3) is 8.72. The van der Waals surface area contributed by atoms with Crippen molar-refractivity contribution in [1.29, 1.82) is 0 Å². The number of nitrogens with one attached hydrogen (secondary N) is 2. The predicted octanol–water partition coefficient (Wildman–Crippen LogP) is 1.30. The molecule has 3 amide bonds. The number of amides is 3. The number of carboxylic acid groups (broad SMARTS) is 1. The van der Waals surface area contributed by atoms with E-state index in [1.165, 1.54) is 28.8 Å². The Bertz CT molecular complexity index is 1130. The average Bonchev–Trinajstić information content (AvgIpc) is 3.42. The summed E-state index contributed by atoms with van der Waals surface area (Å²) in [6.07, 6.45) is 3.58. The van der Waals surface area contributed by atoms with E-state index in [2.05, 4.69) is 10.6 Å². The van der Waals surface area contributed by atoms with Gasteiger partial charge in [-0.15, -0.1) is 0 Å². The lowest BCUT2D eigenvalue weighted by molar-refractivity contribution is -0.144. The van der Waals surface area contributed by atoms with Crippen molar-refractivity contribution in [2.24, 2.45) is 5.73 Å². The van der Waals surface area contributed by atoms with Crippen LogP contribution in [0.1, 0.15) is 30.4 Å². The van der Waals surface area contributed by atoms with Crippen molar-refractivity contribution in [2.45, 2.75) is 56.3 Å². The summed E-state index contributed by atoms with van der Waals surface area (Å²) in [7, 11) is 0. The van der Waals surface area contributed by atoms with Gasteiger partial charge in [-0.25, -0.2) is 4.79 Å². The number of phenols is 1. The first kappa shape index (κ1) is 30.0. The number of phenolic OH excluding ortho intramolecular Hbond substituents is 1. The van der Waals surface area contributed by atoms with Gasteiger partial charge in [0.15, 0.2) is 0 Å². The van der Waals surface area contributed by atoms with Crippen LogP contribution in [0.25, 0.3) is 0 Å². The molecule has 4 atom stereocenters. The molecule has 0 radical (unpaired) electrons. The van der Waals surface area contributed by atoms with Gasteiger partial charge in [-0.05, 0) is 61.0 Å². The largest absolute Gasteiger partial charge is 0.508 e. The summed E-state index contributed by atoms with van der Waals surface area (Å²) in [5, 5.41) is 24.5. The quantitative estimate of drug-likeness (QED) is 0.247. The van der Waals surface area contributed by atoms with E-state index in [4.69, 9.17) is 5.73 Å². The molecule has 6 N–H and O–H groups in total. The van der Waals surface area contributed by atoms with Crippen LogP contribution in [0.15, 0.2) is 54.6 Å². The smallest absolute Gasteiger partial charge is 0.326 e. The Labute approximate surface area is 232 Å². The summed E-state index contributed by atoms with van der Waals surface area (Å²) in [6, 6.07) is 11.7. The molecule has 1 fully saturated rings. The van der Waals surface area contributed by atoms with Gasteiger partial charge < -0.3 is 31.5 Å². The normalized spacial score (nSPS) is 17.2. The maximum Gasteiger partial charge on any atom is 0.326 e. The van der Waals surface area contributed by atoms with Gasteiger partial charge in [0.1, 0.15) is 23.9 Å². The number of nitrogens with two attached hydrogens (primary N) is 1. The molecule has 11 heteroatoms. The van der Waals surface area contributed by atoms with E-state index in [0.29, 0.717) is 43.5 Å². The molecule has 0 spiro atoms. The topological polar surface area (TPSA) is 162 Å². The number of likely N-dealkylation sites (tertiary alicyclic amines) is 1. The zero-order valence-electron chi connectivity index (χ0n) is 21.9. The second-order valence-electron chi connectivity index (χ2n) is 9.60. The minimum Gasteiger partial charge on any atom is -0.508 e. The van der Waals surface area contributed by atoms with Gasteiger partial charge in [0.2, 0.25) is 17.7 Å². The van der Waals surface area contributed by atoms with E-state index in [-0.39, 0.29) is 18.1 Å². The van der Waals surface area contributed by atoms with Crippen LogP contribution >= 0.6 is 11.8 Å². The Hall–Kier alpha value is -3.57. The fourth-order valence-corrected chi connectivity index (χ4v) is 5.04. The second kappa shape index (κ2) is 14.5. The van der Waals surface area contributed by atoms with Crippen LogP contribution < -0.4 is 16.4 Å². The molecule has 3 rings (SSSR count). The van der Waals surface area contributed by atoms with Crippen LogP contribution in [-0.2, 0) is 32.0 Å². The SMILES string of the molecule is CSCCC(NC(=O)C(N)Cc1ccccc1)C(=O)N1CCCC1C(=O)NC(Cc1ccc(O)cc1)C(=O)O. The first-order chi connectivity index (χ1) is 18.7. The highest BCUT2D eigenvalue weighted by Gasteiger charge is 2.39. The monoisotopic (exact) mass is 556 g/mol. The molecule has 1 heterocycles. The molecule has 0 bridgehead atoms. The molecule has 39 heavy (non-hydrogen) atoms. The number of thioether (sulfide) groups is 1. The predicted molar refractivity (Wildman–Crippen MR) is 149 cm³/mol. The summed E-state index contributed by atoms with van der Waals surface area (Å²) < 4.78 is 0. The standard InChI is InChI=1S/C28H36N4O6S/c1-39-15-13-22(30-25(34)21(29)16-18-6-3-2-4-7-18)27(36)32-14-5-8-24(32)26(35)31-23(28(37)38)17-19-9-11-20(33)12-10-19/h2-4,6-7,9-12,21-24,33H,5,8,13-17,29H2,1H3,(H,30,34)(H,31,35)(H,37,38). The molecule has 1 aliphatic heterocycles. The molecule has 210 valence electrons. The fourth-order valence-electron chi connectivity index (χ4n) is 4.57. The number of benzene rings is 2. The van der Waals surface area contributed by atoms with E-state index in [1.807, 2.05) is 36.6 Å². The molecule has 0 aliphatic carbocycles. The van der Waals surface area contributed by atoms with Gasteiger partial charge in [-0.3, -0.25) is 14.4 Å². The number of carbonyl (C=O) groups is 4. The van der Waals surface area contributed by atoms with Crippen LogP contribution in [0.3, 0.4) is 0 Å². The Morgan fingerprint density at radius 1 is 1.00 bits per heavy atom. The minimum atomic E-state index is -1.21. The zero-order valence-corrected chi connectivity index (χ0v) is 22.7. The number of aliphatic carboxylic acids is 1. The lowest BCUT2D eigenvalue weighted by atomic mass is 10.0. The molecule has 2 aromatic carbocycles. The van der Waals surface area contributed by atoms with Gasteiger partial charge in [-0.2, -0.15) is 11.8 Å². The molecular weight excluding hydrogens is 520 g/mol. The second-order valence-corrected chi connectivity index (χ2v) is 10.6. The van der Waals surface area contributed by atoms with Crippen molar-refractivity contribution in [3.63, 3.8) is 0 Å². The van der Waals surface area contributed by atoms with Crippen molar-refractivity contribution in [3.05, 3.63) is 65.7 Å². The van der Waals surface area contributed by atoms with Gasteiger partial charge >= 0.3 is 5.97 Å². The van der Waals surface area contributed by atoms with Gasteiger partial charge in [0, 0.05) is 13.0 Å². The highest BCUT2D eigenvalue weighted by atomic mass is 32.2. The van der Waals surface area contributed by atoms with E-state index >= 15 is 0 Å². The highest BCUT2D eigenvalue weighted by Crippen LogP contribution is 2.21. The maximum absolute atomic E-state index is 13.6. The number of carboxylic acids is 1. The molecular formula is C28H36N4O6S. The van der Waals surface area contributed by atoms with Crippen molar-refractivity contribution in [3.8, 4) is 5.75 Å². The third-order valence-corrected chi connectivity index (χ3v) is 7.33. The van der Waals surface area contributed by atoms with Gasteiger partial charge in [0.05, 0.1) is 6.04 Å². The molecule has 0 aromatic heterocycles. The van der Waals surface area contributed by atoms with E-state index in [9.17, 15) is 29.4 Å². The fraction of sp³-hybridized carbons (Fsp3) is 0.429. The molecule has 2 aromatic rings. The van der Waals surface area contributed by atoms with Crippen molar-refractivity contribution < 1.29 is 29.4 Å². The number of aromatic hydroxyl groups is 1. The van der Waals surface area contributed by atoms with Crippen LogP contribution in [0.5, 0.6) is 5.75 Å². The lowest BCUT2D eigenvalue weighted by Crippen LogP contribution is -2.57. The van der Waals surface area contributed by atoms with Crippen LogP contribution in [0.2, 0.25) is 0 Å². The third-order valence-electron chi connectivity index (χ3n) is 6.69. The van der Waals surface area contributed by atoms with Crippen LogP contribution in [0, 0.1) is 0 Å². The van der Waals surface area contributed by atoms with E-state index in [1.54, 1.807) is 12.1 Å². The summed E-state index contributed by atoms with van der Waals surface area (Å²) in [4.78, 5) is 52.9. The number of hydrogen-bond acceptors (Lipinski definition) is 7. The van der Waals surface area contributed by atoms with Crippen molar-refractivity contribution >= 4 is 35.5 Å². The van der Waals surface area contributed by atoms with Crippen molar-refractivity contribution in [1.82, 2.24) is 15.5 Å². The summed E-state index contributed by atoms with van der Waals surface area (Å²) in [6.45, 7) is 0.328. The average molecular weight is 557 g/mol. The molecule has 4 unspecified atom stereocenters. The Kier molecular flexibility index (Phi) is 11.2. The summed E-state index contributed by atoms with van der Waals surface area (Å²) in [5.41, 5.74) is 7.67. The summed E-state index contributed by atoms with van der Waals surface area (Å²) in [5.74, 6) is -1.92. The van der Waals surface area contributed by atoms with Gasteiger partial charge in [0.25, 0.3) is 0 Å². The Morgan fingerprint density at radius 3 is 2.31 bits per heavy atom. The first-order valence-electron chi connectivity index (χ1n) is 12.9. The maximum atomic E-state index is 13.6. The molecule has 0 saturated carbocycles. The number of hydrogen-bond donors (Lipinski definition) is 5. The van der Waals surface area contributed by atoms with Crippen molar-refractivity contribution in [2.75, 3.05) is 18.6 Å². The number of carbonyl (C=O) groups excluding carboxylic acids is 3. The Morgan fingerprint density at radius 2 is 1.67 bits per heavy atom. The van der Waals surface area contributed by atoms with E-state index < -0.39 is 42.0 Å². The Balaban J connectivity index is 1.66. The first-order valence-corrected chi connectivity index (χ1v) is 14.3. The molecule has 1 saturated heterocycles. The van der Waals surface area contributed by atoms with Crippen LogP contribution in [0.4, 0.5) is 0 Å². The number of rotatable bonds is 13. The number of nitrogens with zero attached hydrogens (tertiary/aromatic N) is 1. The summed E-state index contributed by atoms with van der Waals surface area (Å²) >= 11 is 1.53. The molecule has 10 nitrogen and oxygen atoms in total. The lowest BCUT2D eigenvalue weighted by Gasteiger charge is -2.30. The minimum absolute atomic E-state index is 0.0216.